The fourth-order valence-electron chi connectivity index (χ4n) is 4.31. The number of anilines is 1. The zero-order valence-electron chi connectivity index (χ0n) is 14.8. The van der Waals surface area contributed by atoms with Gasteiger partial charge in [-0.1, -0.05) is 18.2 Å². The van der Waals surface area contributed by atoms with E-state index in [1.54, 1.807) is 42.4 Å². The fraction of sp³-hybridized carbons (Fsp3) is 0.450. The Kier molecular flexibility index (Phi) is 4.26. The van der Waals surface area contributed by atoms with Gasteiger partial charge in [-0.2, -0.15) is 0 Å². The van der Waals surface area contributed by atoms with Crippen molar-refractivity contribution in [2.24, 2.45) is 17.8 Å². The number of methoxy groups -OCH3 is 1. The Morgan fingerprint density at radius 3 is 2.42 bits per heavy atom. The largest absolute Gasteiger partial charge is 0.501 e. The molecule has 3 amide bonds. The van der Waals surface area contributed by atoms with Crippen LogP contribution in [0.15, 0.2) is 42.2 Å². The van der Waals surface area contributed by atoms with Crippen LogP contribution in [0, 0.1) is 17.8 Å². The van der Waals surface area contributed by atoms with Gasteiger partial charge in [0.05, 0.1) is 36.3 Å². The Morgan fingerprint density at radius 1 is 1.08 bits per heavy atom. The van der Waals surface area contributed by atoms with Crippen LogP contribution >= 0.6 is 0 Å². The lowest BCUT2D eigenvalue weighted by atomic mass is 9.76. The number of fused-ring (bicyclic) bond motifs is 1. The number of amides is 3. The molecule has 1 aliphatic carbocycles. The lowest BCUT2D eigenvalue weighted by Gasteiger charge is -2.30. The van der Waals surface area contributed by atoms with Crippen molar-refractivity contribution in [2.75, 3.05) is 25.1 Å². The van der Waals surface area contributed by atoms with Gasteiger partial charge < -0.3 is 9.64 Å². The summed E-state index contributed by atoms with van der Waals surface area (Å²) in [6, 6.07) is 8.92. The highest BCUT2D eigenvalue weighted by molar-refractivity contribution is 6.23. The molecule has 26 heavy (non-hydrogen) atoms. The molecule has 1 aromatic carbocycles. The lowest BCUT2D eigenvalue weighted by Crippen LogP contribution is -2.42. The monoisotopic (exact) mass is 354 g/mol. The zero-order chi connectivity index (χ0) is 18.3. The molecule has 6 nitrogen and oxygen atoms in total. The number of imide groups is 1. The van der Waals surface area contributed by atoms with Crippen molar-refractivity contribution in [3.05, 3.63) is 42.2 Å². The number of allylic oxidation sites excluding steroid dienone is 1. The molecule has 0 bridgehead atoms. The van der Waals surface area contributed by atoms with Crippen LogP contribution in [0.4, 0.5) is 5.69 Å². The number of carbonyl (C=O) groups is 3. The first kappa shape index (κ1) is 16.8. The first-order valence-corrected chi connectivity index (χ1v) is 9.08. The van der Waals surface area contributed by atoms with E-state index in [1.807, 2.05) is 6.07 Å². The summed E-state index contributed by atoms with van der Waals surface area (Å²) in [7, 11) is 1.54. The average Bonchev–Trinajstić information content (AvgIpc) is 3.29. The number of hydrogen-bond donors (Lipinski definition) is 0. The number of hydrogen-bond acceptors (Lipinski definition) is 4. The molecule has 2 saturated heterocycles. The first-order valence-electron chi connectivity index (χ1n) is 9.08. The van der Waals surface area contributed by atoms with Crippen LogP contribution < -0.4 is 4.90 Å². The van der Waals surface area contributed by atoms with Crippen molar-refractivity contribution in [3.8, 4) is 0 Å². The van der Waals surface area contributed by atoms with Gasteiger partial charge in [-0.05, 0) is 31.1 Å². The van der Waals surface area contributed by atoms with Crippen LogP contribution in [0.2, 0.25) is 0 Å². The molecule has 3 aliphatic rings. The lowest BCUT2D eigenvalue weighted by molar-refractivity contribution is -0.139. The molecule has 0 spiro atoms. The van der Waals surface area contributed by atoms with E-state index in [-0.39, 0.29) is 17.7 Å². The maximum absolute atomic E-state index is 13.1. The van der Waals surface area contributed by atoms with Crippen LogP contribution in [-0.2, 0) is 19.1 Å². The van der Waals surface area contributed by atoms with Gasteiger partial charge in [-0.3, -0.25) is 19.3 Å². The van der Waals surface area contributed by atoms with E-state index in [1.165, 1.54) is 4.90 Å². The summed E-state index contributed by atoms with van der Waals surface area (Å²) in [6.45, 7) is 1.43. The van der Waals surface area contributed by atoms with Gasteiger partial charge in [-0.25, -0.2) is 0 Å². The highest BCUT2D eigenvalue weighted by atomic mass is 16.5. The molecular formula is C20H22N2O4. The second-order valence-electron chi connectivity index (χ2n) is 7.08. The summed E-state index contributed by atoms with van der Waals surface area (Å²) in [5, 5.41) is 0. The summed E-state index contributed by atoms with van der Waals surface area (Å²) >= 11 is 0. The van der Waals surface area contributed by atoms with Crippen molar-refractivity contribution >= 4 is 23.4 Å². The molecule has 0 unspecified atom stereocenters. The Labute approximate surface area is 152 Å². The summed E-state index contributed by atoms with van der Waals surface area (Å²) in [6.07, 6.45) is 4.08. The first-order chi connectivity index (χ1) is 12.6. The van der Waals surface area contributed by atoms with Crippen LogP contribution in [0.25, 0.3) is 0 Å². The Hall–Kier alpha value is -2.63. The van der Waals surface area contributed by atoms with E-state index in [0.717, 1.165) is 12.8 Å². The standard InChI is InChI=1S/C20H22N2O4/c1-26-14-11-15(18(23)21-9-5-6-10-21)17-16(12-14)19(24)22(20(17)25)13-7-3-2-4-8-13/h2-4,7-8,11,15-17H,5-6,9-10,12H2,1H3/t15-,16-,17+/m0/s1. The summed E-state index contributed by atoms with van der Waals surface area (Å²) in [5.41, 5.74) is 0.559. The second kappa shape index (κ2) is 6.59. The third-order valence-corrected chi connectivity index (χ3v) is 5.63. The minimum atomic E-state index is -0.644. The van der Waals surface area contributed by atoms with Gasteiger partial charge in [0.1, 0.15) is 0 Å². The molecular weight excluding hydrogens is 332 g/mol. The zero-order valence-corrected chi connectivity index (χ0v) is 14.8. The quantitative estimate of drug-likeness (QED) is 0.779. The number of benzene rings is 1. The van der Waals surface area contributed by atoms with Crippen LogP contribution in [-0.4, -0.2) is 42.8 Å². The molecule has 2 heterocycles. The molecule has 0 saturated carbocycles. The highest BCUT2D eigenvalue weighted by Gasteiger charge is 2.55. The van der Waals surface area contributed by atoms with Gasteiger partial charge in [0, 0.05) is 19.5 Å². The molecule has 0 radical (unpaired) electrons. The van der Waals surface area contributed by atoms with Crippen molar-refractivity contribution in [3.63, 3.8) is 0 Å². The minimum Gasteiger partial charge on any atom is -0.501 e. The predicted molar refractivity (Wildman–Crippen MR) is 94.9 cm³/mol. The van der Waals surface area contributed by atoms with E-state index < -0.39 is 17.8 Å². The molecule has 6 heteroatoms. The SMILES string of the molecule is COC1=C[C@H](C(=O)N2CCCC2)[C@H]2C(=O)N(c3ccccc3)C(=O)[C@H]2C1. The van der Waals surface area contributed by atoms with Crippen LogP contribution in [0.3, 0.4) is 0 Å². The number of rotatable bonds is 3. The molecule has 136 valence electrons. The Balaban J connectivity index is 1.70. The van der Waals surface area contributed by atoms with E-state index in [0.29, 0.717) is 31.0 Å². The topological polar surface area (TPSA) is 66.9 Å². The summed E-state index contributed by atoms with van der Waals surface area (Å²) in [4.78, 5) is 42.2. The van der Waals surface area contributed by atoms with Gasteiger partial charge in [-0.15, -0.1) is 0 Å². The smallest absolute Gasteiger partial charge is 0.238 e. The predicted octanol–water partition coefficient (Wildman–Crippen LogP) is 1.96. The third kappa shape index (κ3) is 2.60. The maximum atomic E-state index is 13.1. The molecule has 0 aromatic heterocycles. The van der Waals surface area contributed by atoms with Gasteiger partial charge in [0.15, 0.2) is 0 Å². The van der Waals surface area contributed by atoms with Gasteiger partial charge in [0.2, 0.25) is 17.7 Å². The average molecular weight is 354 g/mol. The van der Waals surface area contributed by atoms with Crippen LogP contribution in [0.1, 0.15) is 19.3 Å². The normalized spacial score (nSPS) is 28.2. The fourth-order valence-corrected chi connectivity index (χ4v) is 4.31. The van der Waals surface area contributed by atoms with Gasteiger partial charge in [0.25, 0.3) is 0 Å². The minimum absolute atomic E-state index is 0.0668. The van der Waals surface area contributed by atoms with E-state index in [2.05, 4.69) is 0 Å². The number of likely N-dealkylation sites (tertiary alicyclic amines) is 1. The maximum Gasteiger partial charge on any atom is 0.238 e. The molecule has 0 N–H and O–H groups in total. The number of ether oxygens (including phenoxy) is 1. The summed E-state index contributed by atoms with van der Waals surface area (Å²) < 4.78 is 5.38. The summed E-state index contributed by atoms with van der Waals surface area (Å²) in [5.74, 6) is -1.80. The number of nitrogens with zero attached hydrogens (tertiary/aromatic N) is 2. The van der Waals surface area contributed by atoms with E-state index >= 15 is 0 Å². The second-order valence-corrected chi connectivity index (χ2v) is 7.08. The highest BCUT2D eigenvalue weighted by Crippen LogP contribution is 2.43. The van der Waals surface area contributed by atoms with Crippen molar-refractivity contribution in [1.29, 1.82) is 0 Å². The molecule has 1 aromatic rings. The number of carbonyl (C=O) groups excluding carboxylic acids is 3. The van der Waals surface area contributed by atoms with E-state index in [9.17, 15) is 14.4 Å². The van der Waals surface area contributed by atoms with Gasteiger partial charge >= 0.3 is 0 Å². The van der Waals surface area contributed by atoms with Crippen molar-refractivity contribution < 1.29 is 19.1 Å². The Morgan fingerprint density at radius 2 is 1.77 bits per heavy atom. The van der Waals surface area contributed by atoms with Crippen molar-refractivity contribution in [2.45, 2.75) is 19.3 Å². The van der Waals surface area contributed by atoms with Crippen molar-refractivity contribution in [1.82, 2.24) is 4.90 Å². The molecule has 2 aliphatic heterocycles. The molecule has 2 fully saturated rings. The van der Waals surface area contributed by atoms with Crippen LogP contribution in [0.5, 0.6) is 0 Å². The Bertz CT molecular complexity index is 767. The van der Waals surface area contributed by atoms with E-state index in [4.69, 9.17) is 4.74 Å². The number of para-hydroxylation sites is 1. The third-order valence-electron chi connectivity index (χ3n) is 5.63. The molecule has 4 rings (SSSR count). The molecule has 3 atom stereocenters.